The van der Waals surface area contributed by atoms with Gasteiger partial charge in [0.05, 0.1) is 16.7 Å². The SMILES string of the molecule is CCc1cc(Br)ccc1S(=O)(=O)N(C)Cc1cc(CNC(=O)c2ccoc2)cc(CN2CCCC2)c1. The molecule has 192 valence electrons. The summed E-state index contributed by atoms with van der Waals surface area (Å²) in [5.41, 5.74) is 4.19. The lowest BCUT2D eigenvalue weighted by molar-refractivity contribution is 0.0950. The molecule has 0 aliphatic carbocycles. The minimum atomic E-state index is -3.68. The van der Waals surface area contributed by atoms with E-state index in [4.69, 9.17) is 4.42 Å². The lowest BCUT2D eigenvalue weighted by Gasteiger charge is -2.21. The Morgan fingerprint density at radius 3 is 2.50 bits per heavy atom. The molecule has 0 unspecified atom stereocenters. The molecular formula is C27H32BrN3O4S. The van der Waals surface area contributed by atoms with Gasteiger partial charge in [-0.15, -0.1) is 0 Å². The Balaban J connectivity index is 1.56. The standard InChI is InChI=1S/C27H32BrN3O4S/c1-3-23-15-25(28)6-7-26(23)36(33,34)30(2)17-21-12-20(16-29-27(32)24-8-11-35-19-24)13-22(14-21)18-31-9-4-5-10-31/h6-8,11-15,19H,3-5,9-10,16-18H2,1-2H3,(H,29,32). The van der Waals surface area contributed by atoms with E-state index in [9.17, 15) is 13.2 Å². The van der Waals surface area contributed by atoms with Crippen molar-refractivity contribution in [2.45, 2.75) is 50.7 Å². The molecule has 1 aliphatic heterocycles. The van der Waals surface area contributed by atoms with Gasteiger partial charge < -0.3 is 9.73 Å². The van der Waals surface area contributed by atoms with Crippen LogP contribution in [0.3, 0.4) is 0 Å². The summed E-state index contributed by atoms with van der Waals surface area (Å²) >= 11 is 3.44. The molecule has 0 atom stereocenters. The monoisotopic (exact) mass is 573 g/mol. The number of halogens is 1. The van der Waals surface area contributed by atoms with Gasteiger partial charge in [0.25, 0.3) is 5.91 Å². The molecular weight excluding hydrogens is 542 g/mol. The zero-order chi connectivity index (χ0) is 25.7. The second kappa shape index (κ2) is 11.7. The molecule has 1 N–H and O–H groups in total. The maximum Gasteiger partial charge on any atom is 0.254 e. The lowest BCUT2D eigenvalue weighted by Crippen LogP contribution is -2.28. The molecule has 1 saturated heterocycles. The maximum absolute atomic E-state index is 13.5. The Bertz CT molecular complexity index is 1300. The van der Waals surface area contributed by atoms with Crippen molar-refractivity contribution < 1.29 is 17.6 Å². The number of sulfonamides is 1. The Morgan fingerprint density at radius 2 is 1.81 bits per heavy atom. The molecule has 2 heterocycles. The number of hydrogen-bond acceptors (Lipinski definition) is 5. The van der Waals surface area contributed by atoms with Crippen molar-refractivity contribution in [2.75, 3.05) is 20.1 Å². The van der Waals surface area contributed by atoms with E-state index in [0.29, 0.717) is 23.4 Å². The third kappa shape index (κ3) is 6.45. The van der Waals surface area contributed by atoms with Crippen LogP contribution in [-0.2, 0) is 36.1 Å². The van der Waals surface area contributed by atoms with Gasteiger partial charge in [0.15, 0.2) is 0 Å². The predicted octanol–water partition coefficient (Wildman–Crippen LogP) is 4.95. The van der Waals surface area contributed by atoms with Crippen LogP contribution < -0.4 is 5.32 Å². The molecule has 1 amide bonds. The normalized spacial score (nSPS) is 14.4. The Hall–Kier alpha value is -2.46. The maximum atomic E-state index is 13.5. The summed E-state index contributed by atoms with van der Waals surface area (Å²) in [6.45, 7) is 5.46. The van der Waals surface area contributed by atoms with Crippen LogP contribution in [-0.4, -0.2) is 43.7 Å². The minimum absolute atomic E-state index is 0.211. The Morgan fingerprint density at radius 1 is 1.08 bits per heavy atom. The van der Waals surface area contributed by atoms with Crippen molar-refractivity contribution in [1.29, 1.82) is 0 Å². The molecule has 0 saturated carbocycles. The number of carbonyl (C=O) groups excluding carboxylic acids is 1. The highest BCUT2D eigenvalue weighted by molar-refractivity contribution is 9.10. The highest BCUT2D eigenvalue weighted by Crippen LogP contribution is 2.25. The van der Waals surface area contributed by atoms with E-state index in [1.165, 1.54) is 29.7 Å². The topological polar surface area (TPSA) is 82.9 Å². The van der Waals surface area contributed by atoms with Crippen LogP contribution in [0.25, 0.3) is 0 Å². The van der Waals surface area contributed by atoms with Gasteiger partial charge in [-0.3, -0.25) is 9.69 Å². The van der Waals surface area contributed by atoms with Crippen LogP contribution >= 0.6 is 15.9 Å². The summed E-state index contributed by atoms with van der Waals surface area (Å²) < 4.78 is 34.2. The van der Waals surface area contributed by atoms with Crippen LogP contribution in [0.1, 0.15) is 52.4 Å². The van der Waals surface area contributed by atoms with E-state index in [0.717, 1.165) is 46.4 Å². The summed E-state index contributed by atoms with van der Waals surface area (Å²) in [6.07, 6.45) is 5.89. The Labute approximate surface area is 221 Å². The number of hydrogen-bond donors (Lipinski definition) is 1. The number of likely N-dealkylation sites (tertiary alicyclic amines) is 1. The fourth-order valence-electron chi connectivity index (χ4n) is 4.59. The second-order valence-corrected chi connectivity index (χ2v) is 12.1. The average molecular weight is 575 g/mol. The summed E-state index contributed by atoms with van der Waals surface area (Å²) in [7, 11) is -2.06. The number of aryl methyl sites for hydroxylation is 1. The zero-order valence-corrected chi connectivity index (χ0v) is 23.1. The number of rotatable bonds is 10. The third-order valence-electron chi connectivity index (χ3n) is 6.45. The van der Waals surface area contributed by atoms with Crippen molar-refractivity contribution in [3.8, 4) is 0 Å². The number of nitrogens with zero attached hydrogens (tertiary/aromatic N) is 2. The first-order chi connectivity index (χ1) is 17.3. The van der Waals surface area contributed by atoms with E-state index >= 15 is 0 Å². The van der Waals surface area contributed by atoms with E-state index in [1.54, 1.807) is 25.2 Å². The van der Waals surface area contributed by atoms with Crippen molar-refractivity contribution >= 4 is 31.9 Å². The van der Waals surface area contributed by atoms with Crippen molar-refractivity contribution in [3.63, 3.8) is 0 Å². The number of nitrogens with one attached hydrogen (secondary N) is 1. The quantitative estimate of drug-likeness (QED) is 0.371. The molecule has 0 spiro atoms. The smallest absolute Gasteiger partial charge is 0.254 e. The van der Waals surface area contributed by atoms with E-state index in [-0.39, 0.29) is 12.5 Å². The molecule has 1 aliphatic rings. The molecule has 7 nitrogen and oxygen atoms in total. The average Bonchev–Trinajstić information content (AvgIpc) is 3.57. The molecule has 1 fully saturated rings. The van der Waals surface area contributed by atoms with E-state index in [2.05, 4.69) is 38.3 Å². The summed E-state index contributed by atoms with van der Waals surface area (Å²) in [4.78, 5) is 15.1. The number of furan rings is 1. The first-order valence-corrected chi connectivity index (χ1v) is 14.4. The Kier molecular flexibility index (Phi) is 8.66. The fourth-order valence-corrected chi connectivity index (χ4v) is 6.42. The highest BCUT2D eigenvalue weighted by Gasteiger charge is 2.24. The van der Waals surface area contributed by atoms with Crippen molar-refractivity contribution in [3.05, 3.63) is 87.3 Å². The van der Waals surface area contributed by atoms with Crippen LogP contribution in [0.4, 0.5) is 0 Å². The van der Waals surface area contributed by atoms with Crippen molar-refractivity contribution in [2.24, 2.45) is 0 Å². The molecule has 0 bridgehead atoms. The van der Waals surface area contributed by atoms with Crippen LogP contribution in [0, 0.1) is 0 Å². The van der Waals surface area contributed by atoms with E-state index < -0.39 is 10.0 Å². The number of benzene rings is 2. The van der Waals surface area contributed by atoms with Crippen LogP contribution in [0.5, 0.6) is 0 Å². The summed E-state index contributed by atoms with van der Waals surface area (Å²) in [5, 5.41) is 2.93. The van der Waals surface area contributed by atoms with Gasteiger partial charge in [0.2, 0.25) is 10.0 Å². The van der Waals surface area contributed by atoms with Gasteiger partial charge in [0, 0.05) is 31.2 Å². The van der Waals surface area contributed by atoms with E-state index in [1.807, 2.05) is 19.1 Å². The molecule has 1 aromatic heterocycles. The van der Waals surface area contributed by atoms with Gasteiger partial charge in [-0.05, 0) is 78.9 Å². The molecule has 3 aromatic rings. The second-order valence-electron chi connectivity index (χ2n) is 9.20. The minimum Gasteiger partial charge on any atom is -0.472 e. The van der Waals surface area contributed by atoms with Gasteiger partial charge in [0.1, 0.15) is 6.26 Å². The number of carbonyl (C=O) groups is 1. The largest absolute Gasteiger partial charge is 0.472 e. The zero-order valence-electron chi connectivity index (χ0n) is 20.7. The predicted molar refractivity (Wildman–Crippen MR) is 143 cm³/mol. The van der Waals surface area contributed by atoms with Gasteiger partial charge in [-0.2, -0.15) is 4.31 Å². The molecule has 4 rings (SSSR count). The van der Waals surface area contributed by atoms with Crippen molar-refractivity contribution in [1.82, 2.24) is 14.5 Å². The fraction of sp³-hybridized carbons (Fsp3) is 0.370. The van der Waals surface area contributed by atoms with Gasteiger partial charge in [-0.25, -0.2) is 8.42 Å². The molecule has 2 aromatic carbocycles. The van der Waals surface area contributed by atoms with Crippen LogP contribution in [0.2, 0.25) is 0 Å². The molecule has 0 radical (unpaired) electrons. The van der Waals surface area contributed by atoms with Gasteiger partial charge in [-0.1, -0.05) is 41.1 Å². The summed E-state index contributed by atoms with van der Waals surface area (Å²) in [6, 6.07) is 13.0. The summed E-state index contributed by atoms with van der Waals surface area (Å²) in [5.74, 6) is -0.211. The highest BCUT2D eigenvalue weighted by atomic mass is 79.9. The third-order valence-corrected chi connectivity index (χ3v) is 8.85. The first-order valence-electron chi connectivity index (χ1n) is 12.2. The number of amides is 1. The van der Waals surface area contributed by atoms with Gasteiger partial charge >= 0.3 is 0 Å². The van der Waals surface area contributed by atoms with Crippen LogP contribution in [0.15, 0.2) is 68.8 Å². The lowest BCUT2D eigenvalue weighted by atomic mass is 10.0. The first kappa shape index (κ1) is 26.6. The molecule has 36 heavy (non-hydrogen) atoms. The molecule has 9 heteroatoms.